The number of esters is 1. The lowest BCUT2D eigenvalue weighted by Gasteiger charge is -2.10. The molecule has 20 heavy (non-hydrogen) atoms. The van der Waals surface area contributed by atoms with E-state index in [4.69, 9.17) is 10.5 Å². The van der Waals surface area contributed by atoms with Gasteiger partial charge in [0.2, 0.25) is 0 Å². The minimum absolute atomic E-state index is 0.332. The van der Waals surface area contributed by atoms with Gasteiger partial charge in [-0.05, 0) is 24.1 Å². The van der Waals surface area contributed by atoms with Gasteiger partial charge in [0.1, 0.15) is 11.4 Å². The van der Waals surface area contributed by atoms with Crippen LogP contribution in [0.25, 0.3) is 0 Å². The molecule has 0 aliphatic carbocycles. The summed E-state index contributed by atoms with van der Waals surface area (Å²) >= 11 is 0. The Kier molecular flexibility index (Phi) is 4.49. The Balaban J connectivity index is 2.04. The van der Waals surface area contributed by atoms with Gasteiger partial charge >= 0.3 is 5.97 Å². The Morgan fingerprint density at radius 3 is 3.00 bits per heavy atom. The summed E-state index contributed by atoms with van der Waals surface area (Å²) in [6.45, 7) is 0.632. The third-order valence-electron chi connectivity index (χ3n) is 2.74. The highest BCUT2D eigenvalue weighted by Gasteiger charge is 2.13. The first-order valence-electron chi connectivity index (χ1n) is 6.17. The molecule has 0 aromatic carbocycles. The zero-order chi connectivity index (χ0) is 14.4. The SMILES string of the molecule is COC(=O)c1cc(N)cnc1NCCc1cccnc1. The second-order valence-corrected chi connectivity index (χ2v) is 4.19. The highest BCUT2D eigenvalue weighted by atomic mass is 16.5. The summed E-state index contributed by atoms with van der Waals surface area (Å²) in [5.41, 5.74) is 7.49. The van der Waals surface area contributed by atoms with Crippen LogP contribution >= 0.6 is 0 Å². The monoisotopic (exact) mass is 272 g/mol. The van der Waals surface area contributed by atoms with E-state index in [1.165, 1.54) is 13.3 Å². The number of ether oxygens (including phenoxy) is 1. The normalized spacial score (nSPS) is 10.1. The number of anilines is 2. The maximum absolute atomic E-state index is 11.7. The summed E-state index contributed by atoms with van der Waals surface area (Å²) in [5.74, 6) is 0.00335. The molecule has 2 aromatic rings. The van der Waals surface area contributed by atoms with E-state index in [2.05, 4.69) is 15.3 Å². The first-order valence-corrected chi connectivity index (χ1v) is 6.17. The molecule has 3 N–H and O–H groups in total. The first kappa shape index (κ1) is 13.8. The maximum atomic E-state index is 11.7. The van der Waals surface area contributed by atoms with Gasteiger partial charge in [-0.3, -0.25) is 4.98 Å². The molecule has 0 unspecified atom stereocenters. The van der Waals surface area contributed by atoms with E-state index >= 15 is 0 Å². The van der Waals surface area contributed by atoms with Crippen molar-refractivity contribution in [3.05, 3.63) is 47.9 Å². The Morgan fingerprint density at radius 2 is 2.30 bits per heavy atom. The standard InChI is InChI=1S/C14H16N4O2/c1-20-14(19)12-7-11(15)9-18-13(12)17-6-4-10-3-2-5-16-8-10/h2-3,5,7-9H,4,6,15H2,1H3,(H,17,18). The van der Waals surface area contributed by atoms with Gasteiger partial charge in [0.25, 0.3) is 0 Å². The molecule has 0 atom stereocenters. The van der Waals surface area contributed by atoms with Crippen LogP contribution < -0.4 is 11.1 Å². The van der Waals surface area contributed by atoms with Crippen LogP contribution in [0.1, 0.15) is 15.9 Å². The second-order valence-electron chi connectivity index (χ2n) is 4.19. The van der Waals surface area contributed by atoms with Crippen LogP contribution in [0.4, 0.5) is 11.5 Å². The maximum Gasteiger partial charge on any atom is 0.341 e. The van der Waals surface area contributed by atoms with Crippen LogP contribution in [0.5, 0.6) is 0 Å². The Bertz CT molecular complexity index is 587. The summed E-state index contributed by atoms with van der Waals surface area (Å²) in [5, 5.41) is 3.11. The minimum atomic E-state index is -0.464. The lowest BCUT2D eigenvalue weighted by atomic mass is 10.2. The van der Waals surface area contributed by atoms with Crippen molar-refractivity contribution in [1.29, 1.82) is 0 Å². The third kappa shape index (κ3) is 3.44. The number of pyridine rings is 2. The van der Waals surface area contributed by atoms with Crippen LogP contribution in [0.2, 0.25) is 0 Å². The smallest absolute Gasteiger partial charge is 0.341 e. The van der Waals surface area contributed by atoms with Crippen molar-refractivity contribution in [3.8, 4) is 0 Å². The number of aromatic nitrogens is 2. The van der Waals surface area contributed by atoms with Crippen LogP contribution in [0.15, 0.2) is 36.8 Å². The summed E-state index contributed by atoms with van der Waals surface area (Å²) < 4.78 is 4.71. The molecule has 0 aliphatic rings. The number of hydrogen-bond donors (Lipinski definition) is 2. The summed E-state index contributed by atoms with van der Waals surface area (Å²) in [4.78, 5) is 19.8. The fourth-order valence-electron chi connectivity index (χ4n) is 1.76. The third-order valence-corrected chi connectivity index (χ3v) is 2.74. The number of nitrogen functional groups attached to an aromatic ring is 1. The van der Waals surface area contributed by atoms with Crippen LogP contribution in [0, 0.1) is 0 Å². The van der Waals surface area contributed by atoms with Crippen LogP contribution in [-0.4, -0.2) is 29.6 Å². The van der Waals surface area contributed by atoms with Gasteiger partial charge in [0.15, 0.2) is 0 Å². The molecule has 104 valence electrons. The Labute approximate surface area is 117 Å². The average Bonchev–Trinajstić information content (AvgIpc) is 2.49. The first-order chi connectivity index (χ1) is 9.70. The van der Waals surface area contributed by atoms with E-state index in [-0.39, 0.29) is 0 Å². The largest absolute Gasteiger partial charge is 0.465 e. The molecule has 0 fully saturated rings. The molecule has 6 heteroatoms. The van der Waals surface area contributed by atoms with Gasteiger partial charge in [-0.2, -0.15) is 0 Å². The molecule has 0 radical (unpaired) electrons. The van der Waals surface area contributed by atoms with E-state index in [9.17, 15) is 4.79 Å². The molecular formula is C14H16N4O2. The van der Waals surface area contributed by atoms with Crippen LogP contribution in [0.3, 0.4) is 0 Å². The Morgan fingerprint density at radius 1 is 1.45 bits per heavy atom. The molecule has 2 heterocycles. The average molecular weight is 272 g/mol. The molecule has 0 spiro atoms. The molecule has 2 aromatic heterocycles. The van der Waals surface area contributed by atoms with E-state index in [1.54, 1.807) is 18.5 Å². The predicted octanol–water partition coefficient (Wildman–Crippen LogP) is 1.50. The number of rotatable bonds is 5. The lowest BCUT2D eigenvalue weighted by Crippen LogP contribution is -2.13. The number of methoxy groups -OCH3 is 1. The van der Waals surface area contributed by atoms with Gasteiger partial charge < -0.3 is 15.8 Å². The molecule has 2 rings (SSSR count). The zero-order valence-electron chi connectivity index (χ0n) is 11.2. The number of nitrogens with one attached hydrogen (secondary N) is 1. The number of carbonyl (C=O) groups is 1. The number of nitrogens with zero attached hydrogens (tertiary/aromatic N) is 2. The summed E-state index contributed by atoms with van der Waals surface area (Å²) in [6.07, 6.45) is 5.81. The fraction of sp³-hybridized carbons (Fsp3) is 0.214. The lowest BCUT2D eigenvalue weighted by molar-refractivity contribution is 0.0601. The zero-order valence-corrected chi connectivity index (χ0v) is 11.2. The van der Waals surface area contributed by atoms with Crippen molar-refractivity contribution < 1.29 is 9.53 Å². The quantitative estimate of drug-likeness (QED) is 0.802. The number of nitrogens with two attached hydrogens (primary N) is 1. The number of carbonyl (C=O) groups excluding carboxylic acids is 1. The van der Waals surface area contributed by atoms with Gasteiger partial charge in [0, 0.05) is 18.9 Å². The van der Waals surface area contributed by atoms with Gasteiger partial charge in [-0.25, -0.2) is 9.78 Å². The second kappa shape index (κ2) is 6.51. The molecule has 0 amide bonds. The number of hydrogen-bond acceptors (Lipinski definition) is 6. The molecule has 0 saturated heterocycles. The van der Waals surface area contributed by atoms with Gasteiger partial charge in [0.05, 0.1) is 19.0 Å². The van der Waals surface area contributed by atoms with Crippen molar-refractivity contribution in [1.82, 2.24) is 9.97 Å². The predicted molar refractivity (Wildman–Crippen MR) is 76.4 cm³/mol. The van der Waals surface area contributed by atoms with E-state index in [1.807, 2.05) is 12.1 Å². The molecule has 6 nitrogen and oxygen atoms in total. The van der Waals surface area contributed by atoms with Crippen molar-refractivity contribution >= 4 is 17.5 Å². The van der Waals surface area contributed by atoms with Crippen molar-refractivity contribution in [2.75, 3.05) is 24.7 Å². The van der Waals surface area contributed by atoms with Crippen LogP contribution in [-0.2, 0) is 11.2 Å². The molecular weight excluding hydrogens is 256 g/mol. The van der Waals surface area contributed by atoms with E-state index in [0.717, 1.165) is 12.0 Å². The van der Waals surface area contributed by atoms with Gasteiger partial charge in [-0.1, -0.05) is 6.07 Å². The highest BCUT2D eigenvalue weighted by Crippen LogP contribution is 2.16. The molecule has 0 saturated carbocycles. The van der Waals surface area contributed by atoms with Crippen molar-refractivity contribution in [2.45, 2.75) is 6.42 Å². The minimum Gasteiger partial charge on any atom is -0.465 e. The van der Waals surface area contributed by atoms with Crippen molar-refractivity contribution in [3.63, 3.8) is 0 Å². The van der Waals surface area contributed by atoms with E-state index < -0.39 is 5.97 Å². The van der Waals surface area contributed by atoms with Crippen molar-refractivity contribution in [2.24, 2.45) is 0 Å². The fourth-order valence-corrected chi connectivity index (χ4v) is 1.76. The topological polar surface area (TPSA) is 90.1 Å². The summed E-state index contributed by atoms with van der Waals surface area (Å²) in [7, 11) is 1.32. The van der Waals surface area contributed by atoms with Gasteiger partial charge in [-0.15, -0.1) is 0 Å². The summed E-state index contributed by atoms with van der Waals surface area (Å²) in [6, 6.07) is 5.42. The molecule has 0 aliphatic heterocycles. The molecule has 0 bridgehead atoms. The highest BCUT2D eigenvalue weighted by molar-refractivity contribution is 5.95. The Hall–Kier alpha value is -2.63. The van der Waals surface area contributed by atoms with E-state index in [0.29, 0.717) is 23.6 Å².